The Morgan fingerprint density at radius 2 is 1.73 bits per heavy atom. The Morgan fingerprint density at radius 3 is 2.35 bits per heavy atom. The van der Waals surface area contributed by atoms with Gasteiger partial charge in [-0.05, 0) is 67.6 Å². The van der Waals surface area contributed by atoms with E-state index in [1.54, 1.807) is 18.4 Å². The summed E-state index contributed by atoms with van der Waals surface area (Å²) in [4.78, 5) is 25.6. The molecule has 0 atom stereocenters. The number of nitrogens with one attached hydrogen (secondary N) is 1. The summed E-state index contributed by atoms with van der Waals surface area (Å²) in [6.45, 7) is 0.512. The number of thiophene rings is 1. The molecule has 1 fully saturated rings. The average molecular weight is 373 g/mol. The Balaban J connectivity index is 1.51. The zero-order valence-electron chi connectivity index (χ0n) is 14.7. The van der Waals surface area contributed by atoms with Crippen LogP contribution in [0.2, 0.25) is 0 Å². The van der Waals surface area contributed by atoms with Gasteiger partial charge in [-0.25, -0.2) is 0 Å². The Kier molecular flexibility index (Phi) is 5.93. The quantitative estimate of drug-likeness (QED) is 0.804. The molecule has 1 aliphatic rings. The van der Waals surface area contributed by atoms with Crippen molar-refractivity contribution >= 4 is 23.2 Å². The van der Waals surface area contributed by atoms with Crippen molar-refractivity contribution in [3.63, 3.8) is 0 Å². The maximum atomic E-state index is 12.3. The summed E-state index contributed by atoms with van der Waals surface area (Å²) in [7, 11) is 1.65. The summed E-state index contributed by atoms with van der Waals surface area (Å²) < 4.78 is 5.18. The summed E-state index contributed by atoms with van der Waals surface area (Å²) in [5.41, 5.74) is 1.13. The first-order valence-corrected chi connectivity index (χ1v) is 9.62. The molecule has 6 heteroatoms. The lowest BCUT2D eigenvalue weighted by Crippen LogP contribution is -2.33. The molecule has 5 nitrogen and oxygen atoms in total. The van der Waals surface area contributed by atoms with Crippen LogP contribution in [0.15, 0.2) is 36.4 Å². The van der Waals surface area contributed by atoms with Crippen LogP contribution in [0.4, 0.5) is 0 Å². The van der Waals surface area contributed by atoms with Gasteiger partial charge >= 0.3 is 5.97 Å². The maximum Gasteiger partial charge on any atom is 0.306 e. The Morgan fingerprint density at radius 1 is 1.08 bits per heavy atom. The first-order chi connectivity index (χ1) is 12.6. The summed E-state index contributed by atoms with van der Waals surface area (Å²) >= 11 is 1.66. The number of methoxy groups -OCH3 is 1. The van der Waals surface area contributed by atoms with Gasteiger partial charge < -0.3 is 15.2 Å². The van der Waals surface area contributed by atoms with Gasteiger partial charge in [-0.1, -0.05) is 0 Å². The largest absolute Gasteiger partial charge is 0.497 e. The van der Waals surface area contributed by atoms with Crippen LogP contribution in [0.3, 0.4) is 0 Å². The zero-order valence-corrected chi connectivity index (χ0v) is 15.6. The van der Waals surface area contributed by atoms with Gasteiger partial charge in [0.1, 0.15) is 5.75 Å². The fourth-order valence-electron chi connectivity index (χ4n) is 3.30. The van der Waals surface area contributed by atoms with Gasteiger partial charge in [0.2, 0.25) is 5.91 Å². The number of hydrogen-bond donors (Lipinski definition) is 2. The molecule has 26 heavy (non-hydrogen) atoms. The lowest BCUT2D eigenvalue weighted by molar-refractivity contribution is -0.144. The number of carboxylic acid groups (broad SMARTS) is 1. The number of amides is 1. The fourth-order valence-corrected chi connectivity index (χ4v) is 4.26. The second kappa shape index (κ2) is 8.36. The van der Waals surface area contributed by atoms with Gasteiger partial charge in [-0.2, -0.15) is 0 Å². The van der Waals surface area contributed by atoms with Crippen LogP contribution in [-0.2, 0) is 16.1 Å². The minimum Gasteiger partial charge on any atom is -0.497 e. The van der Waals surface area contributed by atoms with E-state index >= 15 is 0 Å². The van der Waals surface area contributed by atoms with E-state index in [1.165, 1.54) is 0 Å². The molecule has 138 valence electrons. The minimum absolute atomic E-state index is 0.0354. The number of carboxylic acids is 1. The van der Waals surface area contributed by atoms with Gasteiger partial charge in [0.25, 0.3) is 0 Å². The summed E-state index contributed by atoms with van der Waals surface area (Å²) in [6.07, 6.45) is 2.50. The average Bonchev–Trinajstić information content (AvgIpc) is 3.15. The molecular weight excluding hydrogens is 350 g/mol. The van der Waals surface area contributed by atoms with Crippen molar-refractivity contribution in [3.8, 4) is 16.2 Å². The van der Waals surface area contributed by atoms with E-state index < -0.39 is 5.97 Å². The van der Waals surface area contributed by atoms with Crippen LogP contribution in [-0.4, -0.2) is 24.1 Å². The maximum absolute atomic E-state index is 12.3. The molecule has 1 heterocycles. The van der Waals surface area contributed by atoms with Gasteiger partial charge in [-0.3, -0.25) is 9.59 Å². The van der Waals surface area contributed by atoms with Crippen molar-refractivity contribution < 1.29 is 19.4 Å². The van der Waals surface area contributed by atoms with Crippen LogP contribution in [0.1, 0.15) is 30.6 Å². The summed E-state index contributed by atoms with van der Waals surface area (Å²) in [6, 6.07) is 12.0. The number of carbonyl (C=O) groups is 2. The first-order valence-electron chi connectivity index (χ1n) is 8.80. The van der Waals surface area contributed by atoms with E-state index in [1.807, 2.05) is 30.3 Å². The highest BCUT2D eigenvalue weighted by molar-refractivity contribution is 7.15. The van der Waals surface area contributed by atoms with Crippen LogP contribution < -0.4 is 10.1 Å². The second-order valence-corrected chi connectivity index (χ2v) is 7.77. The molecule has 0 saturated heterocycles. The van der Waals surface area contributed by atoms with Crippen LogP contribution in [0, 0.1) is 11.8 Å². The third-order valence-corrected chi connectivity index (χ3v) is 6.05. The fraction of sp³-hybridized carbons (Fsp3) is 0.400. The number of rotatable bonds is 6. The monoisotopic (exact) mass is 373 g/mol. The van der Waals surface area contributed by atoms with Crippen LogP contribution >= 0.6 is 11.3 Å². The third kappa shape index (κ3) is 4.43. The lowest BCUT2D eigenvalue weighted by atomic mass is 9.81. The third-order valence-electron chi connectivity index (χ3n) is 4.92. The first kappa shape index (κ1) is 18.5. The van der Waals surface area contributed by atoms with E-state index in [4.69, 9.17) is 9.84 Å². The van der Waals surface area contributed by atoms with Crippen LogP contribution in [0.25, 0.3) is 10.4 Å². The predicted octanol–water partition coefficient (Wildman–Crippen LogP) is 3.93. The highest BCUT2D eigenvalue weighted by Gasteiger charge is 2.29. The second-order valence-electron chi connectivity index (χ2n) is 6.60. The van der Waals surface area contributed by atoms with Gasteiger partial charge in [-0.15, -0.1) is 11.3 Å². The molecule has 2 aromatic rings. The molecule has 1 aromatic carbocycles. The molecule has 1 saturated carbocycles. The molecule has 0 aliphatic heterocycles. The van der Waals surface area contributed by atoms with Gasteiger partial charge in [0.05, 0.1) is 19.6 Å². The normalized spacial score (nSPS) is 19.7. The summed E-state index contributed by atoms with van der Waals surface area (Å²) in [5, 5.41) is 12.0. The van der Waals surface area contributed by atoms with Crippen molar-refractivity contribution in [2.45, 2.75) is 32.2 Å². The number of aliphatic carboxylic acids is 1. The van der Waals surface area contributed by atoms with E-state index in [0.29, 0.717) is 32.2 Å². The smallest absolute Gasteiger partial charge is 0.306 e. The molecule has 1 aliphatic carbocycles. The lowest BCUT2D eigenvalue weighted by Gasteiger charge is -2.25. The Bertz CT molecular complexity index is 760. The zero-order chi connectivity index (χ0) is 18.5. The highest BCUT2D eigenvalue weighted by Crippen LogP contribution is 2.31. The van der Waals surface area contributed by atoms with Gasteiger partial charge in [0.15, 0.2) is 0 Å². The van der Waals surface area contributed by atoms with E-state index in [9.17, 15) is 9.59 Å². The molecule has 3 rings (SSSR count). The number of carbonyl (C=O) groups excluding carboxylic acids is 1. The molecule has 0 radical (unpaired) electrons. The number of ether oxygens (including phenoxy) is 1. The molecular formula is C20H23NO4S. The molecule has 2 N–H and O–H groups in total. The van der Waals surface area contributed by atoms with Crippen molar-refractivity contribution in [2.75, 3.05) is 7.11 Å². The van der Waals surface area contributed by atoms with Crippen molar-refractivity contribution in [1.82, 2.24) is 5.32 Å². The molecule has 1 amide bonds. The summed E-state index contributed by atoms with van der Waals surface area (Å²) in [5.74, 6) is -0.229. The van der Waals surface area contributed by atoms with Crippen molar-refractivity contribution in [1.29, 1.82) is 0 Å². The van der Waals surface area contributed by atoms with Crippen molar-refractivity contribution in [3.05, 3.63) is 41.3 Å². The number of hydrogen-bond acceptors (Lipinski definition) is 4. The minimum atomic E-state index is -0.742. The topological polar surface area (TPSA) is 75.6 Å². The van der Waals surface area contributed by atoms with E-state index in [0.717, 1.165) is 21.1 Å². The molecule has 1 aromatic heterocycles. The van der Waals surface area contributed by atoms with Gasteiger partial charge in [0, 0.05) is 15.7 Å². The molecule has 0 spiro atoms. The SMILES string of the molecule is COc1ccc(-c2ccc(CNC(=O)C3CCC(C(=O)O)CC3)s2)cc1. The van der Waals surface area contributed by atoms with Crippen LogP contribution in [0.5, 0.6) is 5.75 Å². The Hall–Kier alpha value is -2.34. The molecule has 0 bridgehead atoms. The predicted molar refractivity (Wildman–Crippen MR) is 101 cm³/mol. The van der Waals surface area contributed by atoms with E-state index in [-0.39, 0.29) is 17.7 Å². The van der Waals surface area contributed by atoms with Crippen molar-refractivity contribution in [2.24, 2.45) is 11.8 Å². The number of benzene rings is 1. The molecule has 0 unspecified atom stereocenters. The van der Waals surface area contributed by atoms with E-state index in [2.05, 4.69) is 11.4 Å². The highest BCUT2D eigenvalue weighted by atomic mass is 32.1. The Labute approximate surface area is 157 Å². The standard InChI is InChI=1S/C20H23NO4S/c1-25-16-8-6-13(7-9-16)18-11-10-17(26-18)12-21-19(22)14-2-4-15(5-3-14)20(23)24/h6-11,14-15H,2-5,12H2,1H3,(H,21,22)(H,23,24).